The highest BCUT2D eigenvalue weighted by atomic mass is 16.6. The summed E-state index contributed by atoms with van der Waals surface area (Å²) < 4.78 is 12.6. The van der Waals surface area contributed by atoms with Crippen LogP contribution in [0.25, 0.3) is 32.7 Å². The lowest BCUT2D eigenvalue weighted by Gasteiger charge is -2.19. The lowest BCUT2D eigenvalue weighted by atomic mass is 9.71. The zero-order chi connectivity index (χ0) is 20.9. The molecule has 0 radical (unpaired) electrons. The molecule has 0 amide bonds. The van der Waals surface area contributed by atoms with Crippen molar-refractivity contribution in [2.75, 3.05) is 0 Å². The molecule has 5 aromatic rings. The van der Waals surface area contributed by atoms with Crippen LogP contribution in [0.1, 0.15) is 11.1 Å². The molecule has 0 unspecified atom stereocenters. The van der Waals surface area contributed by atoms with Crippen molar-refractivity contribution in [1.29, 1.82) is 0 Å². The third-order valence-corrected chi connectivity index (χ3v) is 6.19. The normalized spacial score (nSPS) is 12.6. The summed E-state index contributed by atoms with van der Waals surface area (Å²) >= 11 is 0. The molecule has 0 fully saturated rings. The molecule has 6 rings (SSSR count). The molecule has 31 heavy (non-hydrogen) atoms. The minimum absolute atomic E-state index is 0.472. The van der Waals surface area contributed by atoms with E-state index in [1.807, 2.05) is 24.3 Å². The molecule has 0 N–H and O–H groups in total. The Hall–Kier alpha value is -3.72. The van der Waals surface area contributed by atoms with Crippen molar-refractivity contribution in [2.24, 2.45) is 0 Å². The van der Waals surface area contributed by atoms with Gasteiger partial charge in [-0.05, 0) is 64.2 Å². The van der Waals surface area contributed by atoms with Crippen molar-refractivity contribution < 1.29 is 9.31 Å². The number of para-hydroxylation sites is 2. The van der Waals surface area contributed by atoms with Crippen molar-refractivity contribution in [3.8, 4) is 22.6 Å². The predicted molar refractivity (Wildman–Crippen MR) is 129 cm³/mol. The van der Waals surface area contributed by atoms with Crippen LogP contribution in [0.15, 0.2) is 91.0 Å². The molecule has 1 heterocycles. The predicted octanol–water partition coefficient (Wildman–Crippen LogP) is 6.44. The third-order valence-electron chi connectivity index (χ3n) is 6.19. The Morgan fingerprint density at radius 2 is 1.10 bits per heavy atom. The number of fused-ring (bicyclic) bond motifs is 3. The topological polar surface area (TPSA) is 18.5 Å². The number of hydrogen-bond acceptors (Lipinski definition) is 2. The standard InChI is InChI=1S/C28H21BO2/c1-18-15-16-19(2)24(17-18)27-20-9-3-5-11-22(20)28(23-12-6-4-10-21(23)27)29-30-25-13-7-8-14-26(25)31-29/h3-17H,1-2H3. The van der Waals surface area contributed by atoms with Gasteiger partial charge in [-0.2, -0.15) is 0 Å². The summed E-state index contributed by atoms with van der Waals surface area (Å²) in [6.45, 7) is 4.34. The highest BCUT2D eigenvalue weighted by molar-refractivity contribution is 6.70. The molecular weight excluding hydrogens is 379 g/mol. The molecule has 0 saturated carbocycles. The maximum atomic E-state index is 6.28. The van der Waals surface area contributed by atoms with Crippen LogP contribution in [-0.2, 0) is 0 Å². The van der Waals surface area contributed by atoms with Gasteiger partial charge in [0.15, 0.2) is 0 Å². The quantitative estimate of drug-likeness (QED) is 0.251. The fourth-order valence-electron chi connectivity index (χ4n) is 4.73. The molecule has 0 bridgehead atoms. The Morgan fingerprint density at radius 1 is 0.581 bits per heavy atom. The summed E-state index contributed by atoms with van der Waals surface area (Å²) in [7, 11) is -0.472. The molecule has 1 aliphatic rings. The van der Waals surface area contributed by atoms with Crippen LogP contribution < -0.4 is 14.8 Å². The van der Waals surface area contributed by atoms with E-state index in [9.17, 15) is 0 Å². The molecule has 0 aromatic heterocycles. The van der Waals surface area contributed by atoms with Gasteiger partial charge in [0.25, 0.3) is 0 Å². The van der Waals surface area contributed by atoms with Gasteiger partial charge in [0.1, 0.15) is 11.5 Å². The van der Waals surface area contributed by atoms with Gasteiger partial charge in [-0.25, -0.2) is 0 Å². The van der Waals surface area contributed by atoms with Gasteiger partial charge < -0.3 is 9.31 Å². The molecule has 2 nitrogen and oxygen atoms in total. The molecule has 0 atom stereocenters. The van der Waals surface area contributed by atoms with Gasteiger partial charge in [-0.15, -0.1) is 0 Å². The van der Waals surface area contributed by atoms with E-state index >= 15 is 0 Å². The Balaban J connectivity index is 1.70. The maximum Gasteiger partial charge on any atom is 0.634 e. The van der Waals surface area contributed by atoms with Gasteiger partial charge in [0.2, 0.25) is 0 Å². The summed E-state index contributed by atoms with van der Waals surface area (Å²) in [5, 5.41) is 4.76. The van der Waals surface area contributed by atoms with Crippen molar-refractivity contribution in [1.82, 2.24) is 0 Å². The largest absolute Gasteiger partial charge is 0.634 e. The van der Waals surface area contributed by atoms with Crippen LogP contribution in [0.4, 0.5) is 0 Å². The molecule has 0 aliphatic carbocycles. The van der Waals surface area contributed by atoms with Gasteiger partial charge in [-0.3, -0.25) is 0 Å². The van der Waals surface area contributed by atoms with E-state index in [0.717, 1.165) is 27.7 Å². The van der Waals surface area contributed by atoms with Crippen LogP contribution in [0.3, 0.4) is 0 Å². The second-order valence-corrected chi connectivity index (χ2v) is 8.21. The minimum Gasteiger partial charge on any atom is -0.519 e. The third kappa shape index (κ3) is 2.81. The average molecular weight is 400 g/mol. The second kappa shape index (κ2) is 6.92. The lowest BCUT2D eigenvalue weighted by molar-refractivity contribution is 0.520. The first-order valence-electron chi connectivity index (χ1n) is 10.6. The van der Waals surface area contributed by atoms with Crippen molar-refractivity contribution in [3.05, 3.63) is 102 Å². The zero-order valence-corrected chi connectivity index (χ0v) is 17.6. The molecule has 0 spiro atoms. The second-order valence-electron chi connectivity index (χ2n) is 8.21. The Morgan fingerprint density at radius 3 is 1.68 bits per heavy atom. The molecule has 148 valence electrons. The van der Waals surface area contributed by atoms with Crippen molar-refractivity contribution in [3.63, 3.8) is 0 Å². The van der Waals surface area contributed by atoms with Gasteiger partial charge in [0, 0.05) is 5.46 Å². The van der Waals surface area contributed by atoms with E-state index in [4.69, 9.17) is 9.31 Å². The molecule has 0 saturated heterocycles. The molecule has 5 aromatic carbocycles. The number of aryl methyl sites for hydroxylation is 2. The number of rotatable bonds is 2. The summed E-state index contributed by atoms with van der Waals surface area (Å²) in [5.41, 5.74) is 6.16. The van der Waals surface area contributed by atoms with E-state index in [1.54, 1.807) is 0 Å². The van der Waals surface area contributed by atoms with Crippen LogP contribution >= 0.6 is 0 Å². The Kier molecular flexibility index (Phi) is 4.04. The van der Waals surface area contributed by atoms with Gasteiger partial charge in [0.05, 0.1) is 0 Å². The van der Waals surface area contributed by atoms with E-state index in [2.05, 4.69) is 80.6 Å². The average Bonchev–Trinajstić information content (AvgIpc) is 3.23. The van der Waals surface area contributed by atoms with Crippen molar-refractivity contribution >= 4 is 34.1 Å². The Bertz CT molecular complexity index is 1390. The van der Waals surface area contributed by atoms with Crippen molar-refractivity contribution in [2.45, 2.75) is 13.8 Å². The summed E-state index contributed by atoms with van der Waals surface area (Å²) in [6.07, 6.45) is 0. The summed E-state index contributed by atoms with van der Waals surface area (Å²) in [5.74, 6) is 1.58. The fourth-order valence-corrected chi connectivity index (χ4v) is 4.73. The first-order valence-corrected chi connectivity index (χ1v) is 10.6. The molecule has 1 aliphatic heterocycles. The highest BCUT2D eigenvalue weighted by Crippen LogP contribution is 2.39. The van der Waals surface area contributed by atoms with E-state index in [-0.39, 0.29) is 0 Å². The molecule has 3 heteroatoms. The number of benzene rings is 5. The smallest absolute Gasteiger partial charge is 0.519 e. The monoisotopic (exact) mass is 400 g/mol. The minimum atomic E-state index is -0.472. The van der Waals surface area contributed by atoms with E-state index < -0.39 is 7.12 Å². The van der Waals surface area contributed by atoms with Crippen LogP contribution in [-0.4, -0.2) is 7.12 Å². The first-order chi connectivity index (χ1) is 15.2. The van der Waals surface area contributed by atoms with E-state index in [1.165, 1.54) is 33.0 Å². The first kappa shape index (κ1) is 18.1. The maximum absolute atomic E-state index is 6.28. The van der Waals surface area contributed by atoms with Crippen LogP contribution in [0.2, 0.25) is 0 Å². The number of hydrogen-bond donors (Lipinski definition) is 0. The Labute approximate surface area is 182 Å². The highest BCUT2D eigenvalue weighted by Gasteiger charge is 2.37. The molecular formula is C28H21BO2. The summed E-state index contributed by atoms with van der Waals surface area (Å²) in [4.78, 5) is 0. The van der Waals surface area contributed by atoms with Crippen LogP contribution in [0.5, 0.6) is 11.5 Å². The van der Waals surface area contributed by atoms with Crippen LogP contribution in [0, 0.1) is 13.8 Å². The lowest BCUT2D eigenvalue weighted by Crippen LogP contribution is -2.40. The van der Waals surface area contributed by atoms with E-state index in [0.29, 0.717) is 0 Å². The fraction of sp³-hybridized carbons (Fsp3) is 0.0714. The SMILES string of the molecule is Cc1ccc(C)c(-c2c3ccccc3c(B3Oc4ccccc4O3)c3ccccc23)c1. The zero-order valence-electron chi connectivity index (χ0n) is 17.6. The van der Waals surface area contributed by atoms with Gasteiger partial charge >= 0.3 is 7.12 Å². The summed E-state index contributed by atoms with van der Waals surface area (Å²) in [6, 6.07) is 31.8. The van der Waals surface area contributed by atoms with Gasteiger partial charge in [-0.1, -0.05) is 84.4 Å².